The summed E-state index contributed by atoms with van der Waals surface area (Å²) in [5.41, 5.74) is 0.361. The molecule has 0 heterocycles. The van der Waals surface area contributed by atoms with Crippen LogP contribution in [0, 0.1) is 0 Å². The second-order valence-corrected chi connectivity index (χ2v) is 18.5. The number of hydrogen-bond acceptors (Lipinski definition) is 8. The van der Waals surface area contributed by atoms with E-state index in [0.717, 1.165) is 25.7 Å². The van der Waals surface area contributed by atoms with Crippen molar-refractivity contribution >= 4 is 31.7 Å². The van der Waals surface area contributed by atoms with Crippen molar-refractivity contribution < 1.29 is 38.1 Å². The minimum atomic E-state index is -5.85. The molecular weight excluding hydrogens is 681 g/mol. The van der Waals surface area contributed by atoms with Crippen LogP contribution in [0.15, 0.2) is 97.1 Å². The van der Waals surface area contributed by atoms with Crippen LogP contribution >= 0.6 is 0 Å². The molecule has 0 aromatic heterocycles. The topological polar surface area (TPSA) is 105 Å². The van der Waals surface area contributed by atoms with Gasteiger partial charge in [-0.3, -0.25) is 0 Å². The number of benzene rings is 4. The molecule has 0 bridgehead atoms. The maximum absolute atomic E-state index is 15.0. The summed E-state index contributed by atoms with van der Waals surface area (Å²) in [6.07, 6.45) is 3.18. The molecule has 0 N–H and O–H groups in total. The van der Waals surface area contributed by atoms with Crippen molar-refractivity contribution in [1.29, 1.82) is 0 Å². The van der Waals surface area contributed by atoms with Crippen LogP contribution in [0.2, 0.25) is 0 Å². The fraction of sp³-hybridized carbons (Fsp3) is 0.300. The van der Waals surface area contributed by atoms with Crippen LogP contribution in [0.3, 0.4) is 0 Å². The molecular formula is C40H44GeO8. The Morgan fingerprint density at radius 3 is 0.714 bits per heavy atom. The molecule has 4 rings (SSSR count). The van der Waals surface area contributed by atoms with Crippen molar-refractivity contribution in [2.45, 2.75) is 53.4 Å². The van der Waals surface area contributed by atoms with E-state index < -0.39 is 31.7 Å². The SMILES string of the molecule is CCCOc1ccc([C](=O)[Ge]([C](=O)c2ccc(OCCC)cc2)([C](=O)c2ccc(OCCC)cc2)[C](=O)c2ccc(OCCC)cc2)cc1. The van der Waals surface area contributed by atoms with E-state index in [2.05, 4.69) is 0 Å². The standard InChI is InChI=1S/C40H44GeO8/c1-5-25-46-33-17-9-29(10-18-33)37(42)41(38(43)30-11-19-34(20-12-30)47-26-6-2,39(44)31-13-21-35(22-14-31)48-27-7-3)40(45)32-15-23-36(24-16-32)49-28-8-4/h9-24H,5-8,25-28H2,1-4H3. The van der Waals surface area contributed by atoms with Gasteiger partial charge in [0.15, 0.2) is 0 Å². The summed E-state index contributed by atoms with van der Waals surface area (Å²) >= 11 is -5.85. The van der Waals surface area contributed by atoms with Crippen LogP contribution in [0.4, 0.5) is 0 Å². The zero-order valence-corrected chi connectivity index (χ0v) is 30.8. The number of rotatable bonds is 20. The third-order valence-electron chi connectivity index (χ3n) is 7.72. The first kappa shape index (κ1) is 37.1. The molecule has 9 heteroatoms. The molecule has 0 aliphatic rings. The number of ether oxygens (including phenoxy) is 4. The van der Waals surface area contributed by atoms with E-state index in [1.54, 1.807) is 48.5 Å². The average molecular weight is 725 g/mol. The van der Waals surface area contributed by atoms with E-state index in [4.69, 9.17) is 18.9 Å². The van der Waals surface area contributed by atoms with Gasteiger partial charge in [0.2, 0.25) is 0 Å². The predicted molar refractivity (Wildman–Crippen MR) is 192 cm³/mol. The van der Waals surface area contributed by atoms with Gasteiger partial charge in [-0.15, -0.1) is 0 Å². The van der Waals surface area contributed by atoms with Gasteiger partial charge in [-0.05, 0) is 0 Å². The van der Waals surface area contributed by atoms with E-state index in [9.17, 15) is 19.2 Å². The van der Waals surface area contributed by atoms with Crippen LogP contribution in [0.1, 0.15) is 94.8 Å². The van der Waals surface area contributed by atoms with Gasteiger partial charge in [0, 0.05) is 0 Å². The molecule has 8 nitrogen and oxygen atoms in total. The Morgan fingerprint density at radius 2 is 0.551 bits per heavy atom. The predicted octanol–water partition coefficient (Wildman–Crippen LogP) is 8.28. The third kappa shape index (κ3) is 8.86. The van der Waals surface area contributed by atoms with Gasteiger partial charge in [-0.1, -0.05) is 0 Å². The normalized spacial score (nSPS) is 11.0. The molecule has 256 valence electrons. The molecule has 49 heavy (non-hydrogen) atoms. The Labute approximate surface area is 291 Å². The first-order chi connectivity index (χ1) is 23.8. The van der Waals surface area contributed by atoms with Crippen LogP contribution in [-0.4, -0.2) is 58.2 Å². The van der Waals surface area contributed by atoms with Gasteiger partial charge in [0.1, 0.15) is 0 Å². The van der Waals surface area contributed by atoms with Gasteiger partial charge in [-0.25, -0.2) is 0 Å². The van der Waals surface area contributed by atoms with Gasteiger partial charge in [-0.2, -0.15) is 0 Å². The minimum absolute atomic E-state index is 0.0904. The Hall–Kier alpha value is -4.70. The van der Waals surface area contributed by atoms with Crippen molar-refractivity contribution in [1.82, 2.24) is 0 Å². The molecule has 0 atom stereocenters. The molecule has 0 unspecified atom stereocenters. The molecule has 0 saturated carbocycles. The zero-order valence-electron chi connectivity index (χ0n) is 28.7. The van der Waals surface area contributed by atoms with Gasteiger partial charge >= 0.3 is 292 Å². The summed E-state index contributed by atoms with van der Waals surface area (Å²) in [6, 6.07) is 25.1. The van der Waals surface area contributed by atoms with Crippen molar-refractivity contribution in [2.24, 2.45) is 0 Å². The summed E-state index contributed by atoms with van der Waals surface area (Å²) in [7, 11) is 0. The monoisotopic (exact) mass is 726 g/mol. The Bertz CT molecular complexity index is 1440. The summed E-state index contributed by atoms with van der Waals surface area (Å²) in [5, 5.41) is 0. The number of hydrogen-bond donors (Lipinski definition) is 0. The fourth-order valence-corrected chi connectivity index (χ4v) is 12.8. The molecule has 4 aromatic carbocycles. The van der Waals surface area contributed by atoms with E-state index >= 15 is 0 Å². The Morgan fingerprint density at radius 1 is 0.367 bits per heavy atom. The average Bonchev–Trinajstić information content (AvgIpc) is 3.15. The van der Waals surface area contributed by atoms with E-state index in [0.29, 0.717) is 49.4 Å². The molecule has 0 radical (unpaired) electrons. The summed E-state index contributed by atoms with van der Waals surface area (Å²) in [5.74, 6) is 2.14. The molecule has 0 amide bonds. The Balaban J connectivity index is 1.92. The van der Waals surface area contributed by atoms with Crippen molar-refractivity contribution in [3.05, 3.63) is 119 Å². The van der Waals surface area contributed by atoms with E-state index in [-0.39, 0.29) is 22.3 Å². The van der Waals surface area contributed by atoms with Crippen molar-refractivity contribution in [3.8, 4) is 23.0 Å². The summed E-state index contributed by atoms with van der Waals surface area (Å²) in [4.78, 5) is 59.9. The molecule has 0 saturated heterocycles. The van der Waals surface area contributed by atoms with Crippen LogP contribution in [0.25, 0.3) is 0 Å². The molecule has 0 aliphatic carbocycles. The Kier molecular flexibility index (Phi) is 13.8. The van der Waals surface area contributed by atoms with Crippen LogP contribution < -0.4 is 18.9 Å². The summed E-state index contributed by atoms with van der Waals surface area (Å²) in [6.45, 7) is 9.87. The third-order valence-corrected chi connectivity index (χ3v) is 15.9. The van der Waals surface area contributed by atoms with Gasteiger partial charge in [0.05, 0.1) is 0 Å². The zero-order chi connectivity index (χ0) is 35.2. The number of carbonyl (C=O) groups is 4. The maximum atomic E-state index is 15.0. The van der Waals surface area contributed by atoms with Gasteiger partial charge in [0.25, 0.3) is 0 Å². The number of carbonyl (C=O) groups excluding carboxylic acids is 4. The molecule has 0 fully saturated rings. The molecule has 0 aliphatic heterocycles. The van der Waals surface area contributed by atoms with Crippen molar-refractivity contribution in [3.63, 3.8) is 0 Å². The first-order valence-corrected chi connectivity index (χ1v) is 21.1. The van der Waals surface area contributed by atoms with Crippen molar-refractivity contribution in [2.75, 3.05) is 26.4 Å². The molecule has 0 spiro atoms. The first-order valence-electron chi connectivity index (χ1n) is 16.9. The van der Waals surface area contributed by atoms with Crippen LogP contribution in [0.5, 0.6) is 23.0 Å². The second kappa shape index (κ2) is 18.2. The van der Waals surface area contributed by atoms with Gasteiger partial charge < -0.3 is 0 Å². The fourth-order valence-electron chi connectivity index (χ4n) is 5.17. The van der Waals surface area contributed by atoms with E-state index in [1.165, 1.54) is 48.5 Å². The summed E-state index contributed by atoms with van der Waals surface area (Å²) < 4.78 is 19.8. The van der Waals surface area contributed by atoms with Crippen LogP contribution in [-0.2, 0) is 0 Å². The second-order valence-electron chi connectivity index (χ2n) is 11.6. The molecule has 4 aromatic rings. The van der Waals surface area contributed by atoms with E-state index in [1.807, 2.05) is 27.7 Å². The quantitative estimate of drug-likeness (QED) is 0.0839.